The number of allylic oxidation sites excluding steroid dienone is 1. The summed E-state index contributed by atoms with van der Waals surface area (Å²) in [4.78, 5) is 28.1. The maximum Gasteiger partial charge on any atom is 0.327 e. The summed E-state index contributed by atoms with van der Waals surface area (Å²) >= 11 is 0. The van der Waals surface area contributed by atoms with Crippen molar-refractivity contribution in [3.63, 3.8) is 0 Å². The molecular formula is C20H19NO4. The van der Waals surface area contributed by atoms with Crippen LogP contribution in [0.15, 0.2) is 71.2 Å². The number of aliphatic imine (C=N–C) groups is 1. The number of ether oxygens (including phenoxy) is 1. The summed E-state index contributed by atoms with van der Waals surface area (Å²) in [5, 5.41) is 10.5. The maximum atomic E-state index is 12.7. The molecule has 2 rings (SSSR count). The van der Waals surface area contributed by atoms with Gasteiger partial charge in [-0.2, -0.15) is 0 Å². The normalized spacial score (nSPS) is 11.9. The van der Waals surface area contributed by atoms with Crippen LogP contribution in [-0.2, 0) is 9.53 Å². The second-order valence-electron chi connectivity index (χ2n) is 5.10. The van der Waals surface area contributed by atoms with E-state index in [1.165, 1.54) is 6.21 Å². The Balaban J connectivity index is 2.36. The van der Waals surface area contributed by atoms with E-state index in [0.29, 0.717) is 11.1 Å². The van der Waals surface area contributed by atoms with E-state index in [-0.39, 0.29) is 30.3 Å². The van der Waals surface area contributed by atoms with Crippen LogP contribution in [0.4, 0.5) is 0 Å². The predicted molar refractivity (Wildman–Crippen MR) is 96.8 cm³/mol. The van der Waals surface area contributed by atoms with Crippen molar-refractivity contribution in [2.24, 2.45) is 4.99 Å². The molecule has 0 aliphatic rings. The minimum absolute atomic E-state index is 0.0155. The number of esters is 1. The number of nitrogens with zero attached hydrogens (tertiary/aromatic N) is 1. The molecule has 0 saturated carbocycles. The smallest absolute Gasteiger partial charge is 0.327 e. The lowest BCUT2D eigenvalue weighted by atomic mass is 10.0. The highest BCUT2D eigenvalue weighted by Crippen LogP contribution is 2.18. The van der Waals surface area contributed by atoms with E-state index in [2.05, 4.69) is 4.99 Å². The molecule has 0 fully saturated rings. The minimum Gasteiger partial charge on any atom is -0.506 e. The fourth-order valence-corrected chi connectivity index (χ4v) is 2.14. The molecule has 2 aromatic carbocycles. The Hall–Kier alpha value is -3.21. The van der Waals surface area contributed by atoms with E-state index in [1.54, 1.807) is 61.5 Å². The van der Waals surface area contributed by atoms with Gasteiger partial charge in [0.15, 0.2) is 5.78 Å². The topological polar surface area (TPSA) is 76.0 Å². The SMILES string of the molecule is CCOC(=O)CN=C/C(C(=O)c1ccccc1)=C(\O)c1ccccc1. The Morgan fingerprint density at radius 3 is 2.12 bits per heavy atom. The summed E-state index contributed by atoms with van der Waals surface area (Å²) in [6.45, 7) is 1.74. The molecule has 0 unspecified atom stereocenters. The molecule has 0 saturated heterocycles. The number of aliphatic hydroxyl groups is 1. The number of carbonyl (C=O) groups excluding carboxylic acids is 2. The molecule has 2 aromatic rings. The molecule has 0 bridgehead atoms. The van der Waals surface area contributed by atoms with Crippen molar-refractivity contribution in [3.05, 3.63) is 77.4 Å². The van der Waals surface area contributed by atoms with Gasteiger partial charge in [-0.25, -0.2) is 0 Å². The average Bonchev–Trinajstić information content (AvgIpc) is 2.66. The molecule has 5 nitrogen and oxygen atoms in total. The predicted octanol–water partition coefficient (Wildman–Crippen LogP) is 3.47. The van der Waals surface area contributed by atoms with E-state index in [4.69, 9.17) is 4.74 Å². The van der Waals surface area contributed by atoms with Gasteiger partial charge in [-0.05, 0) is 6.92 Å². The van der Waals surface area contributed by atoms with Gasteiger partial charge >= 0.3 is 5.97 Å². The second-order valence-corrected chi connectivity index (χ2v) is 5.10. The van der Waals surface area contributed by atoms with E-state index >= 15 is 0 Å². The summed E-state index contributed by atoms with van der Waals surface area (Å²) in [5.74, 6) is -1.07. The van der Waals surface area contributed by atoms with Gasteiger partial charge in [-0.1, -0.05) is 60.7 Å². The summed E-state index contributed by atoms with van der Waals surface area (Å²) in [7, 11) is 0. The quantitative estimate of drug-likeness (QED) is 0.276. The van der Waals surface area contributed by atoms with Gasteiger partial charge in [0.2, 0.25) is 0 Å². The number of hydrogen-bond acceptors (Lipinski definition) is 5. The van der Waals surface area contributed by atoms with Crippen molar-refractivity contribution < 1.29 is 19.4 Å². The number of rotatable bonds is 7. The number of aliphatic hydroxyl groups excluding tert-OH is 1. The van der Waals surface area contributed by atoms with Gasteiger partial charge in [-0.15, -0.1) is 0 Å². The van der Waals surface area contributed by atoms with E-state index in [9.17, 15) is 14.7 Å². The van der Waals surface area contributed by atoms with Crippen molar-refractivity contribution in [3.8, 4) is 0 Å². The van der Waals surface area contributed by atoms with Crippen molar-refractivity contribution in [1.29, 1.82) is 0 Å². The van der Waals surface area contributed by atoms with Crippen LogP contribution in [0, 0.1) is 0 Å². The Morgan fingerprint density at radius 2 is 1.56 bits per heavy atom. The highest BCUT2D eigenvalue weighted by Gasteiger charge is 2.16. The first kappa shape index (κ1) is 18.1. The zero-order valence-corrected chi connectivity index (χ0v) is 13.9. The fraction of sp³-hybridized carbons (Fsp3) is 0.150. The molecule has 1 N–H and O–H groups in total. The van der Waals surface area contributed by atoms with Gasteiger partial charge < -0.3 is 9.84 Å². The van der Waals surface area contributed by atoms with Gasteiger partial charge in [0.25, 0.3) is 0 Å². The van der Waals surface area contributed by atoms with Gasteiger partial charge in [0, 0.05) is 17.3 Å². The van der Waals surface area contributed by atoms with Crippen LogP contribution in [0.2, 0.25) is 0 Å². The Labute approximate surface area is 146 Å². The molecule has 0 heterocycles. The average molecular weight is 337 g/mol. The molecule has 0 radical (unpaired) electrons. The Bertz CT molecular complexity index is 780. The van der Waals surface area contributed by atoms with Crippen LogP contribution in [-0.4, -0.2) is 36.2 Å². The molecule has 25 heavy (non-hydrogen) atoms. The van der Waals surface area contributed by atoms with E-state index in [0.717, 1.165) is 0 Å². The van der Waals surface area contributed by atoms with Crippen molar-refractivity contribution in [2.45, 2.75) is 6.92 Å². The van der Waals surface area contributed by atoms with Crippen LogP contribution >= 0.6 is 0 Å². The molecular weight excluding hydrogens is 318 g/mol. The van der Waals surface area contributed by atoms with Gasteiger partial charge in [-0.3, -0.25) is 14.6 Å². The number of Topliss-reactive ketones (excluding diaryl/α,β-unsaturated/α-hetero) is 1. The van der Waals surface area contributed by atoms with Gasteiger partial charge in [0.1, 0.15) is 12.3 Å². The standard InChI is InChI=1S/C20H19NO4/c1-2-25-18(22)14-21-13-17(19(23)15-9-5-3-6-10-15)20(24)16-11-7-4-8-12-16/h3-13,23H,2,14H2,1H3/b19-17+,21-13?. The van der Waals surface area contributed by atoms with Crippen molar-refractivity contribution >= 4 is 23.7 Å². The molecule has 0 amide bonds. The first-order valence-electron chi connectivity index (χ1n) is 7.87. The fourth-order valence-electron chi connectivity index (χ4n) is 2.14. The van der Waals surface area contributed by atoms with Crippen LogP contribution in [0.25, 0.3) is 5.76 Å². The van der Waals surface area contributed by atoms with Crippen LogP contribution in [0.3, 0.4) is 0 Å². The summed E-state index contributed by atoms with van der Waals surface area (Å²) in [6, 6.07) is 17.3. The lowest BCUT2D eigenvalue weighted by Gasteiger charge is -2.07. The summed E-state index contributed by atoms with van der Waals surface area (Å²) in [6.07, 6.45) is 1.22. The van der Waals surface area contributed by atoms with Crippen LogP contribution in [0.1, 0.15) is 22.8 Å². The maximum absolute atomic E-state index is 12.7. The lowest BCUT2D eigenvalue weighted by molar-refractivity contribution is -0.141. The highest BCUT2D eigenvalue weighted by molar-refractivity contribution is 6.25. The number of benzene rings is 2. The molecule has 0 aliphatic heterocycles. The number of hydrogen-bond donors (Lipinski definition) is 1. The first-order chi connectivity index (χ1) is 12.1. The molecule has 0 atom stereocenters. The second kappa shape index (κ2) is 9.17. The third-order valence-corrected chi connectivity index (χ3v) is 3.33. The monoisotopic (exact) mass is 337 g/mol. The lowest BCUT2D eigenvalue weighted by Crippen LogP contribution is -2.11. The van der Waals surface area contributed by atoms with E-state index in [1.807, 2.05) is 6.07 Å². The molecule has 0 spiro atoms. The number of ketones is 1. The van der Waals surface area contributed by atoms with Crippen LogP contribution in [0.5, 0.6) is 0 Å². The molecule has 5 heteroatoms. The largest absolute Gasteiger partial charge is 0.506 e. The first-order valence-corrected chi connectivity index (χ1v) is 7.87. The molecule has 0 aromatic heterocycles. The van der Waals surface area contributed by atoms with E-state index < -0.39 is 5.97 Å². The Morgan fingerprint density at radius 1 is 1.00 bits per heavy atom. The summed E-state index contributed by atoms with van der Waals surface area (Å²) in [5.41, 5.74) is 0.925. The third-order valence-electron chi connectivity index (χ3n) is 3.33. The van der Waals surface area contributed by atoms with Gasteiger partial charge in [0.05, 0.1) is 12.2 Å². The third kappa shape index (κ3) is 5.14. The molecule has 0 aliphatic carbocycles. The molecule has 128 valence electrons. The minimum atomic E-state index is -0.496. The highest BCUT2D eigenvalue weighted by atomic mass is 16.5. The zero-order valence-electron chi connectivity index (χ0n) is 13.9. The summed E-state index contributed by atoms with van der Waals surface area (Å²) < 4.78 is 4.80. The van der Waals surface area contributed by atoms with Crippen LogP contribution < -0.4 is 0 Å². The van der Waals surface area contributed by atoms with Crippen molar-refractivity contribution in [1.82, 2.24) is 0 Å². The van der Waals surface area contributed by atoms with Crippen molar-refractivity contribution in [2.75, 3.05) is 13.2 Å². The zero-order chi connectivity index (χ0) is 18.1. The Kier molecular flexibility index (Phi) is 6.65. The number of carbonyl (C=O) groups is 2.